The van der Waals surface area contributed by atoms with Gasteiger partial charge in [-0.3, -0.25) is 0 Å². The number of thiocarbonyl (C=S) groups is 1. The number of aliphatic imine (C=N–C) groups is 1. The van der Waals surface area contributed by atoms with Crippen molar-refractivity contribution in [1.29, 1.82) is 0 Å². The van der Waals surface area contributed by atoms with Gasteiger partial charge in [0.25, 0.3) is 0 Å². The van der Waals surface area contributed by atoms with Gasteiger partial charge in [0.15, 0.2) is 0 Å². The first-order valence-electron chi connectivity index (χ1n) is 6.07. The van der Waals surface area contributed by atoms with Gasteiger partial charge >= 0.3 is 0 Å². The second-order valence-electron chi connectivity index (χ2n) is 4.30. The van der Waals surface area contributed by atoms with Gasteiger partial charge in [0.2, 0.25) is 0 Å². The van der Waals surface area contributed by atoms with Crippen LogP contribution in [0.25, 0.3) is 11.0 Å². The van der Waals surface area contributed by atoms with Crippen molar-refractivity contribution in [3.8, 4) is 0 Å². The fourth-order valence-corrected chi connectivity index (χ4v) is 2.92. The second-order valence-corrected chi connectivity index (χ2v) is 5.63. The van der Waals surface area contributed by atoms with Gasteiger partial charge in [-0.15, -0.1) is 0 Å². The minimum Gasteiger partial charge on any atom is -0.342 e. The van der Waals surface area contributed by atoms with Gasteiger partial charge in [-0.1, -0.05) is 11.8 Å². The van der Waals surface area contributed by atoms with Crippen molar-refractivity contribution in [1.82, 2.24) is 9.97 Å². The van der Waals surface area contributed by atoms with Crippen molar-refractivity contribution >= 4 is 45.9 Å². The van der Waals surface area contributed by atoms with Crippen LogP contribution in [0.5, 0.6) is 0 Å². The number of aromatic nitrogens is 2. The van der Waals surface area contributed by atoms with Crippen LogP contribution >= 0.6 is 24.0 Å². The maximum Gasteiger partial charge on any atom is 0.104 e. The van der Waals surface area contributed by atoms with E-state index in [2.05, 4.69) is 44.5 Å². The number of fused-ring (bicyclic) bond motifs is 1. The molecule has 2 aromatic carbocycles. The molecule has 0 atom stereocenters. The van der Waals surface area contributed by atoms with Gasteiger partial charge in [-0.05, 0) is 61.6 Å². The highest BCUT2D eigenvalue weighted by molar-refractivity contribution is 7.99. The first-order valence-corrected chi connectivity index (χ1v) is 7.29. The van der Waals surface area contributed by atoms with Gasteiger partial charge < -0.3 is 4.98 Å². The molecule has 1 N–H and O–H groups in total. The van der Waals surface area contributed by atoms with Crippen LogP contribution in [-0.4, -0.2) is 15.1 Å². The lowest BCUT2D eigenvalue weighted by atomic mass is 10.3. The van der Waals surface area contributed by atoms with Gasteiger partial charge in [0, 0.05) is 9.79 Å². The fraction of sp³-hybridized carbons (Fsp3) is 0.0667. The highest BCUT2D eigenvalue weighted by Crippen LogP contribution is 2.30. The SMILES string of the molecule is Cc1nc2ccc(Sc3ccc(N=C=S)cc3)cc2[nH]1. The number of imidazole rings is 1. The first kappa shape index (κ1) is 13.1. The summed E-state index contributed by atoms with van der Waals surface area (Å²) in [6, 6.07) is 14.1. The fourth-order valence-electron chi connectivity index (χ4n) is 1.96. The van der Waals surface area contributed by atoms with E-state index in [1.807, 2.05) is 37.3 Å². The number of rotatable bonds is 3. The number of aromatic amines is 1. The number of aryl methyl sites for hydroxylation is 1. The zero-order chi connectivity index (χ0) is 13.9. The third-order valence-electron chi connectivity index (χ3n) is 2.82. The monoisotopic (exact) mass is 297 g/mol. The lowest BCUT2D eigenvalue weighted by Gasteiger charge is -2.02. The lowest BCUT2D eigenvalue weighted by molar-refractivity contribution is 1.17. The van der Waals surface area contributed by atoms with E-state index in [9.17, 15) is 0 Å². The molecule has 0 bridgehead atoms. The maximum absolute atomic E-state index is 4.59. The molecule has 0 aliphatic carbocycles. The van der Waals surface area contributed by atoms with E-state index >= 15 is 0 Å². The van der Waals surface area contributed by atoms with Gasteiger partial charge in [0.05, 0.1) is 21.9 Å². The Labute approximate surface area is 126 Å². The van der Waals surface area contributed by atoms with Crippen LogP contribution in [0.3, 0.4) is 0 Å². The molecule has 0 fully saturated rings. The molecule has 20 heavy (non-hydrogen) atoms. The number of benzene rings is 2. The average molecular weight is 297 g/mol. The zero-order valence-electron chi connectivity index (χ0n) is 10.8. The number of hydrogen-bond donors (Lipinski definition) is 1. The maximum atomic E-state index is 4.59. The van der Waals surface area contributed by atoms with E-state index in [4.69, 9.17) is 0 Å². The molecule has 1 heterocycles. The summed E-state index contributed by atoms with van der Waals surface area (Å²) in [6.45, 7) is 1.96. The Hall–Kier alpha value is -1.94. The number of hydrogen-bond acceptors (Lipinski definition) is 4. The van der Waals surface area contributed by atoms with Crippen LogP contribution in [0.1, 0.15) is 5.82 Å². The predicted octanol–water partition coefficient (Wildman–Crippen LogP) is 4.76. The third-order valence-corrected chi connectivity index (χ3v) is 3.91. The molecule has 0 aliphatic heterocycles. The molecule has 3 aromatic rings. The molecule has 98 valence electrons. The summed E-state index contributed by atoms with van der Waals surface area (Å²) in [5, 5.41) is 2.37. The highest BCUT2D eigenvalue weighted by Gasteiger charge is 2.02. The van der Waals surface area contributed by atoms with E-state index < -0.39 is 0 Å². The normalized spacial score (nSPS) is 10.4. The molecule has 1 aromatic heterocycles. The molecule has 0 radical (unpaired) electrons. The molecule has 0 unspecified atom stereocenters. The largest absolute Gasteiger partial charge is 0.342 e. The Morgan fingerprint density at radius 3 is 2.65 bits per heavy atom. The third kappa shape index (κ3) is 2.80. The molecule has 0 spiro atoms. The molecular formula is C15H11N3S2. The Morgan fingerprint density at radius 2 is 1.90 bits per heavy atom. The van der Waals surface area contributed by atoms with Crippen molar-refractivity contribution in [2.75, 3.05) is 0 Å². The number of isothiocyanates is 1. The molecule has 0 saturated carbocycles. The van der Waals surface area contributed by atoms with Gasteiger partial charge in [-0.25, -0.2) is 4.98 Å². The van der Waals surface area contributed by atoms with Crippen molar-refractivity contribution in [3.05, 3.63) is 48.3 Å². The van der Waals surface area contributed by atoms with Crippen LogP contribution in [-0.2, 0) is 0 Å². The van der Waals surface area contributed by atoms with Crippen LogP contribution in [0.2, 0.25) is 0 Å². The van der Waals surface area contributed by atoms with Crippen molar-refractivity contribution in [2.24, 2.45) is 4.99 Å². The zero-order valence-corrected chi connectivity index (χ0v) is 12.4. The highest BCUT2D eigenvalue weighted by atomic mass is 32.2. The van der Waals surface area contributed by atoms with Gasteiger partial charge in [0.1, 0.15) is 5.82 Å². The second kappa shape index (κ2) is 5.59. The molecule has 0 amide bonds. The van der Waals surface area contributed by atoms with E-state index in [1.54, 1.807) is 11.8 Å². The summed E-state index contributed by atoms with van der Waals surface area (Å²) < 4.78 is 0. The minimum absolute atomic E-state index is 0.823. The van der Waals surface area contributed by atoms with E-state index in [0.717, 1.165) is 27.4 Å². The van der Waals surface area contributed by atoms with E-state index in [0.29, 0.717) is 0 Å². The van der Waals surface area contributed by atoms with E-state index in [1.165, 1.54) is 4.90 Å². The minimum atomic E-state index is 0.823. The van der Waals surface area contributed by atoms with Crippen LogP contribution < -0.4 is 0 Å². The summed E-state index contributed by atoms with van der Waals surface area (Å²) in [5.74, 6) is 0.935. The quantitative estimate of drug-likeness (QED) is 0.560. The summed E-state index contributed by atoms with van der Waals surface area (Å²) in [7, 11) is 0. The Morgan fingerprint density at radius 1 is 1.15 bits per heavy atom. The van der Waals surface area contributed by atoms with Crippen LogP contribution in [0, 0.1) is 6.92 Å². The number of nitrogens with one attached hydrogen (secondary N) is 1. The number of nitrogens with zero attached hydrogens (tertiary/aromatic N) is 2. The van der Waals surface area contributed by atoms with Gasteiger partial charge in [-0.2, -0.15) is 4.99 Å². The van der Waals surface area contributed by atoms with Crippen molar-refractivity contribution < 1.29 is 0 Å². The lowest BCUT2D eigenvalue weighted by Crippen LogP contribution is -1.75. The Bertz CT molecular complexity index is 800. The van der Waals surface area contributed by atoms with Crippen LogP contribution in [0.4, 0.5) is 5.69 Å². The smallest absolute Gasteiger partial charge is 0.104 e. The van der Waals surface area contributed by atoms with Crippen molar-refractivity contribution in [2.45, 2.75) is 16.7 Å². The Balaban J connectivity index is 1.86. The molecule has 3 rings (SSSR count). The predicted molar refractivity (Wildman–Crippen MR) is 86.1 cm³/mol. The molecule has 5 heteroatoms. The van der Waals surface area contributed by atoms with Crippen LogP contribution in [0.15, 0.2) is 57.2 Å². The molecule has 3 nitrogen and oxygen atoms in total. The summed E-state index contributed by atoms with van der Waals surface area (Å²) >= 11 is 6.29. The standard InChI is InChI=1S/C15H11N3S2/c1-10-17-14-7-6-13(8-15(14)18-10)20-12-4-2-11(3-5-12)16-9-19/h2-8H,1H3,(H,17,18). The molecule has 0 aliphatic rings. The summed E-state index contributed by atoms with van der Waals surface area (Å²) in [5.41, 5.74) is 2.89. The first-order chi connectivity index (χ1) is 9.74. The number of H-pyrrole nitrogens is 1. The topological polar surface area (TPSA) is 41.0 Å². The summed E-state index contributed by atoms with van der Waals surface area (Å²) in [6.07, 6.45) is 0. The summed E-state index contributed by atoms with van der Waals surface area (Å²) in [4.78, 5) is 13.9. The van der Waals surface area contributed by atoms with Crippen molar-refractivity contribution in [3.63, 3.8) is 0 Å². The van der Waals surface area contributed by atoms with E-state index in [-0.39, 0.29) is 0 Å². The molecular weight excluding hydrogens is 286 g/mol. The Kier molecular flexibility index (Phi) is 3.65. The average Bonchev–Trinajstić information content (AvgIpc) is 2.81. The molecule has 0 saturated heterocycles.